The molecule has 0 aliphatic heterocycles. The molecule has 4 rings (SSSR count). The molecule has 0 aliphatic rings. The lowest BCUT2D eigenvalue weighted by Crippen LogP contribution is -2.09. The fourth-order valence-electron chi connectivity index (χ4n) is 3.50. The largest absolute Gasteiger partial charge is 0.480 e. The number of nitrogens with zero attached hydrogens (tertiary/aromatic N) is 4. The third-order valence-corrected chi connectivity index (χ3v) is 4.97. The molecule has 0 spiro atoms. The fourth-order valence-corrected chi connectivity index (χ4v) is 3.50. The molecule has 2 heterocycles. The van der Waals surface area contributed by atoms with Gasteiger partial charge in [-0.1, -0.05) is 35.9 Å². The predicted octanol–water partition coefficient (Wildman–Crippen LogP) is 4.37. The Labute approximate surface area is 174 Å². The molecule has 0 saturated heterocycles. The second kappa shape index (κ2) is 7.94. The van der Waals surface area contributed by atoms with Gasteiger partial charge >= 0.3 is 5.97 Å². The van der Waals surface area contributed by atoms with E-state index in [9.17, 15) is 4.79 Å². The molecule has 1 atom stereocenters. The summed E-state index contributed by atoms with van der Waals surface area (Å²) in [5, 5.41) is 17.5. The van der Waals surface area contributed by atoms with E-state index in [4.69, 9.17) is 5.11 Å². The number of hydrogen-bond acceptors (Lipinski definition) is 5. The van der Waals surface area contributed by atoms with E-state index in [1.165, 1.54) is 15.8 Å². The maximum Gasteiger partial charge on any atom is 0.325 e. The lowest BCUT2D eigenvalue weighted by atomic mass is 10.0. The number of aryl methyl sites for hydroxylation is 2. The lowest BCUT2D eigenvalue weighted by Gasteiger charge is -2.17. The summed E-state index contributed by atoms with van der Waals surface area (Å²) in [4.78, 5) is 20.1. The molecule has 2 aromatic carbocycles. The number of anilines is 1. The number of rotatable bonds is 6. The molecule has 0 saturated carbocycles. The van der Waals surface area contributed by atoms with Crippen LogP contribution in [0.2, 0.25) is 0 Å². The van der Waals surface area contributed by atoms with Gasteiger partial charge in [0.1, 0.15) is 18.2 Å². The van der Waals surface area contributed by atoms with Crippen molar-refractivity contribution >= 4 is 22.7 Å². The normalized spacial score (nSPS) is 12.1. The molecular weight excluding hydrogens is 378 g/mol. The zero-order valence-electron chi connectivity index (χ0n) is 17.1. The highest BCUT2D eigenvalue weighted by Crippen LogP contribution is 2.29. The average Bonchev–Trinajstić information content (AvgIpc) is 3.15. The molecule has 30 heavy (non-hydrogen) atoms. The van der Waals surface area contributed by atoms with E-state index in [0.717, 1.165) is 27.8 Å². The highest BCUT2D eigenvalue weighted by molar-refractivity contribution is 5.92. The van der Waals surface area contributed by atoms with Gasteiger partial charge in [-0.3, -0.25) is 9.48 Å². The quantitative estimate of drug-likeness (QED) is 0.498. The summed E-state index contributed by atoms with van der Waals surface area (Å²) in [6, 6.07) is 14.4. The third kappa shape index (κ3) is 4.15. The molecule has 7 nitrogen and oxygen atoms in total. The van der Waals surface area contributed by atoms with Crippen molar-refractivity contribution < 1.29 is 9.90 Å². The van der Waals surface area contributed by atoms with Gasteiger partial charge in [0, 0.05) is 23.2 Å². The molecule has 4 aromatic rings. The smallest absolute Gasteiger partial charge is 0.325 e. The van der Waals surface area contributed by atoms with Gasteiger partial charge in [-0.25, -0.2) is 9.97 Å². The molecule has 7 heteroatoms. The van der Waals surface area contributed by atoms with Crippen molar-refractivity contribution in [3.8, 4) is 11.1 Å². The van der Waals surface area contributed by atoms with E-state index < -0.39 is 5.97 Å². The minimum absolute atomic E-state index is 0.0735. The Hall–Kier alpha value is -3.74. The molecule has 2 aromatic heterocycles. The van der Waals surface area contributed by atoms with Crippen LogP contribution in [0.1, 0.15) is 29.9 Å². The van der Waals surface area contributed by atoms with Crippen molar-refractivity contribution in [2.75, 3.05) is 5.32 Å². The van der Waals surface area contributed by atoms with E-state index in [2.05, 4.69) is 58.5 Å². The molecule has 0 fully saturated rings. The van der Waals surface area contributed by atoms with Crippen molar-refractivity contribution in [2.45, 2.75) is 33.4 Å². The van der Waals surface area contributed by atoms with Gasteiger partial charge in [-0.15, -0.1) is 0 Å². The zero-order valence-corrected chi connectivity index (χ0v) is 17.1. The molecular formula is C23H23N5O2. The number of benzene rings is 2. The summed E-state index contributed by atoms with van der Waals surface area (Å²) in [5.74, 6) is 0.540. The summed E-state index contributed by atoms with van der Waals surface area (Å²) in [6.45, 7) is 5.90. The number of nitrogens with one attached hydrogen (secondary N) is 1. The molecule has 0 bridgehead atoms. The number of carbonyl (C=O) groups is 1. The van der Waals surface area contributed by atoms with Crippen molar-refractivity contribution in [2.24, 2.45) is 0 Å². The minimum atomic E-state index is -0.927. The summed E-state index contributed by atoms with van der Waals surface area (Å²) < 4.78 is 1.41. The number of carboxylic acids is 1. The van der Waals surface area contributed by atoms with Crippen LogP contribution in [0.25, 0.3) is 22.0 Å². The van der Waals surface area contributed by atoms with Gasteiger partial charge in [-0.05, 0) is 44.0 Å². The van der Waals surface area contributed by atoms with Gasteiger partial charge in [0.15, 0.2) is 0 Å². The van der Waals surface area contributed by atoms with Crippen LogP contribution >= 0.6 is 0 Å². The number of aliphatic carboxylic acids is 1. The van der Waals surface area contributed by atoms with Crippen LogP contribution in [-0.4, -0.2) is 30.8 Å². The van der Waals surface area contributed by atoms with Crippen molar-refractivity contribution in [3.05, 3.63) is 71.8 Å². The first kappa shape index (κ1) is 19.6. The molecule has 0 aliphatic carbocycles. The lowest BCUT2D eigenvalue weighted by molar-refractivity contribution is -0.137. The molecule has 152 valence electrons. The minimum Gasteiger partial charge on any atom is -0.480 e. The summed E-state index contributed by atoms with van der Waals surface area (Å²) in [7, 11) is 0. The Balaban J connectivity index is 1.71. The number of fused-ring (bicyclic) bond motifs is 1. The Morgan fingerprint density at radius 1 is 1.13 bits per heavy atom. The molecule has 0 amide bonds. The summed E-state index contributed by atoms with van der Waals surface area (Å²) in [5.41, 5.74) is 5.02. The van der Waals surface area contributed by atoms with E-state index in [0.29, 0.717) is 5.82 Å². The number of hydrogen-bond donors (Lipinski definition) is 2. The number of carboxylic acid groups (broad SMARTS) is 1. The van der Waals surface area contributed by atoms with Gasteiger partial charge < -0.3 is 10.4 Å². The van der Waals surface area contributed by atoms with E-state index in [1.54, 1.807) is 12.4 Å². The Morgan fingerprint density at radius 3 is 2.73 bits per heavy atom. The highest BCUT2D eigenvalue weighted by Gasteiger charge is 2.13. The van der Waals surface area contributed by atoms with Crippen LogP contribution in [-0.2, 0) is 11.3 Å². The van der Waals surface area contributed by atoms with Crippen molar-refractivity contribution in [3.63, 3.8) is 0 Å². The second-order valence-electron chi connectivity index (χ2n) is 7.45. The monoisotopic (exact) mass is 401 g/mol. The van der Waals surface area contributed by atoms with Crippen LogP contribution in [0.4, 0.5) is 5.82 Å². The van der Waals surface area contributed by atoms with Crippen LogP contribution < -0.4 is 5.32 Å². The van der Waals surface area contributed by atoms with Gasteiger partial charge in [0.2, 0.25) is 0 Å². The molecule has 2 N–H and O–H groups in total. The Bertz CT molecular complexity index is 1230. The number of aromatic nitrogens is 4. The van der Waals surface area contributed by atoms with Crippen LogP contribution in [0.15, 0.2) is 54.9 Å². The maximum absolute atomic E-state index is 10.9. The second-order valence-corrected chi connectivity index (χ2v) is 7.45. The fraction of sp³-hybridized carbons (Fsp3) is 0.217. The Kier molecular flexibility index (Phi) is 5.18. The van der Waals surface area contributed by atoms with E-state index in [-0.39, 0.29) is 12.6 Å². The van der Waals surface area contributed by atoms with Crippen LogP contribution in [0.5, 0.6) is 0 Å². The van der Waals surface area contributed by atoms with Gasteiger partial charge in [0.25, 0.3) is 0 Å². The average molecular weight is 401 g/mol. The highest BCUT2D eigenvalue weighted by atomic mass is 16.4. The Morgan fingerprint density at radius 2 is 1.97 bits per heavy atom. The van der Waals surface area contributed by atoms with Crippen LogP contribution in [0.3, 0.4) is 0 Å². The summed E-state index contributed by atoms with van der Waals surface area (Å²) in [6.07, 6.45) is 3.40. The maximum atomic E-state index is 10.9. The van der Waals surface area contributed by atoms with Gasteiger partial charge in [-0.2, -0.15) is 5.10 Å². The molecule has 0 unspecified atom stereocenters. The van der Waals surface area contributed by atoms with Crippen molar-refractivity contribution in [1.29, 1.82) is 0 Å². The SMILES string of the molecule is Cc1cccc([C@H](C)Nc2nc(C)nc3ccc(-c4cnn(CC(=O)O)c4)cc23)c1. The van der Waals surface area contributed by atoms with Crippen molar-refractivity contribution in [1.82, 2.24) is 19.7 Å². The first-order chi connectivity index (χ1) is 14.4. The van der Waals surface area contributed by atoms with E-state index in [1.807, 2.05) is 25.1 Å². The van der Waals surface area contributed by atoms with Crippen LogP contribution in [0, 0.1) is 13.8 Å². The van der Waals surface area contributed by atoms with E-state index >= 15 is 0 Å². The third-order valence-electron chi connectivity index (χ3n) is 4.97. The topological polar surface area (TPSA) is 92.9 Å². The summed E-state index contributed by atoms with van der Waals surface area (Å²) >= 11 is 0. The standard InChI is InChI=1S/C23H23N5O2/c1-14-5-4-6-17(9-14)15(2)25-23-20-10-18(7-8-21(20)26-16(3)27-23)19-11-24-28(12-19)13-22(29)30/h4-12,15H,13H2,1-3H3,(H,29,30)(H,25,26,27)/t15-/m0/s1. The van der Waals surface area contributed by atoms with Gasteiger partial charge in [0.05, 0.1) is 11.7 Å². The first-order valence-corrected chi connectivity index (χ1v) is 9.75. The predicted molar refractivity (Wildman–Crippen MR) is 116 cm³/mol. The first-order valence-electron chi connectivity index (χ1n) is 9.75. The zero-order chi connectivity index (χ0) is 21.3. The molecule has 0 radical (unpaired) electrons.